The van der Waals surface area contributed by atoms with Crippen molar-refractivity contribution in [2.75, 3.05) is 33.3 Å². The summed E-state index contributed by atoms with van der Waals surface area (Å²) in [7, 11) is 1.16. The topological polar surface area (TPSA) is 124 Å². The molecule has 224 valence electrons. The molecular formula is C27H27ClF3N5O5S. The lowest BCUT2D eigenvalue weighted by molar-refractivity contribution is -0.150. The first-order chi connectivity index (χ1) is 19.7. The molecule has 3 aliphatic rings. The van der Waals surface area contributed by atoms with Crippen molar-refractivity contribution in [1.82, 2.24) is 20.1 Å². The molecule has 0 aliphatic carbocycles. The van der Waals surface area contributed by atoms with Gasteiger partial charge < -0.3 is 20.1 Å². The molecule has 3 aliphatic heterocycles. The summed E-state index contributed by atoms with van der Waals surface area (Å²) in [4.78, 5) is 49.4. The van der Waals surface area contributed by atoms with Crippen LogP contribution in [0.3, 0.4) is 0 Å². The lowest BCUT2D eigenvalue weighted by Gasteiger charge is -2.32. The summed E-state index contributed by atoms with van der Waals surface area (Å²) >= 11 is 7.62. The number of thiazole rings is 1. The number of benzene rings is 1. The zero-order valence-corrected chi connectivity index (χ0v) is 24.3. The SMILES string of the molecule is COC(=O)C1=C(CN2CC(F)(F)[C@@H]3C(=O)N(CC(C)(C)C(=O)O)C[C@@H]32)NC(c2nccs2)=N[C@H]1c1ccc(F)cc1Cl. The minimum Gasteiger partial charge on any atom is -0.481 e. The number of hydrogen-bond donors (Lipinski definition) is 2. The van der Waals surface area contributed by atoms with Gasteiger partial charge in [0.2, 0.25) is 5.91 Å². The van der Waals surface area contributed by atoms with Crippen molar-refractivity contribution < 1.29 is 37.4 Å². The van der Waals surface area contributed by atoms with E-state index in [-0.39, 0.29) is 47.3 Å². The minimum absolute atomic E-state index is 0.00395. The zero-order chi connectivity index (χ0) is 30.6. The Morgan fingerprint density at radius 3 is 2.69 bits per heavy atom. The fourth-order valence-corrected chi connectivity index (χ4v) is 6.45. The Labute approximate surface area is 247 Å². The van der Waals surface area contributed by atoms with Crippen molar-refractivity contribution in [1.29, 1.82) is 0 Å². The maximum atomic E-state index is 15.4. The van der Waals surface area contributed by atoms with E-state index in [2.05, 4.69) is 15.3 Å². The molecule has 0 saturated carbocycles. The van der Waals surface area contributed by atoms with Gasteiger partial charge in [-0.3, -0.25) is 19.5 Å². The normalized spacial score (nSPS) is 24.0. The van der Waals surface area contributed by atoms with Crippen LogP contribution in [0, 0.1) is 17.2 Å². The van der Waals surface area contributed by atoms with E-state index >= 15 is 8.78 Å². The molecule has 10 nitrogen and oxygen atoms in total. The molecule has 5 rings (SSSR count). The van der Waals surface area contributed by atoms with Gasteiger partial charge in [-0.15, -0.1) is 11.3 Å². The number of carbonyl (C=O) groups excluding carboxylic acids is 2. The highest BCUT2D eigenvalue weighted by atomic mass is 35.5. The molecule has 1 aromatic carbocycles. The fourth-order valence-electron chi connectivity index (χ4n) is 5.59. The molecule has 2 aromatic rings. The number of fused-ring (bicyclic) bond motifs is 1. The number of amides is 1. The Hall–Kier alpha value is -3.49. The van der Waals surface area contributed by atoms with E-state index in [1.807, 2.05) is 0 Å². The van der Waals surface area contributed by atoms with Gasteiger partial charge in [0.1, 0.15) is 17.8 Å². The van der Waals surface area contributed by atoms with Crippen LogP contribution in [0.2, 0.25) is 5.02 Å². The highest BCUT2D eigenvalue weighted by Gasteiger charge is 2.63. The maximum absolute atomic E-state index is 15.4. The number of nitrogens with one attached hydrogen (secondary N) is 1. The Kier molecular flexibility index (Phi) is 7.83. The lowest BCUT2D eigenvalue weighted by Crippen LogP contribution is -2.45. The van der Waals surface area contributed by atoms with E-state index in [4.69, 9.17) is 16.3 Å². The van der Waals surface area contributed by atoms with Gasteiger partial charge in [-0.25, -0.2) is 22.9 Å². The highest BCUT2D eigenvalue weighted by molar-refractivity contribution is 7.11. The minimum atomic E-state index is -3.41. The first kappa shape index (κ1) is 30.0. The average molecular weight is 626 g/mol. The molecule has 0 unspecified atom stereocenters. The van der Waals surface area contributed by atoms with Crippen molar-refractivity contribution in [3.63, 3.8) is 0 Å². The van der Waals surface area contributed by atoms with E-state index in [1.165, 1.54) is 42.2 Å². The monoisotopic (exact) mass is 625 g/mol. The molecule has 3 atom stereocenters. The molecule has 2 fully saturated rings. The van der Waals surface area contributed by atoms with Crippen molar-refractivity contribution in [3.8, 4) is 0 Å². The molecule has 15 heteroatoms. The summed E-state index contributed by atoms with van der Waals surface area (Å²) in [6.45, 7) is 1.49. The van der Waals surface area contributed by atoms with Crippen LogP contribution < -0.4 is 5.32 Å². The van der Waals surface area contributed by atoms with Crippen LogP contribution in [0.5, 0.6) is 0 Å². The maximum Gasteiger partial charge on any atom is 0.338 e. The second kappa shape index (κ2) is 11.0. The second-order valence-electron chi connectivity index (χ2n) is 11.0. The van der Waals surface area contributed by atoms with Crippen LogP contribution in [-0.2, 0) is 19.1 Å². The number of hydrogen-bond acceptors (Lipinski definition) is 9. The number of carboxylic acids is 1. The van der Waals surface area contributed by atoms with Crippen molar-refractivity contribution in [3.05, 3.63) is 62.5 Å². The summed E-state index contributed by atoms with van der Waals surface area (Å²) in [5.74, 6) is -8.22. The van der Waals surface area contributed by atoms with Gasteiger partial charge >= 0.3 is 11.9 Å². The fraction of sp³-hybridized carbons (Fsp3) is 0.444. The van der Waals surface area contributed by atoms with E-state index in [0.717, 1.165) is 18.1 Å². The number of carboxylic acid groups (broad SMARTS) is 1. The number of halogens is 4. The first-order valence-corrected chi connectivity index (χ1v) is 14.1. The number of nitrogens with zero attached hydrogens (tertiary/aromatic N) is 4. The molecule has 1 amide bonds. The summed E-state index contributed by atoms with van der Waals surface area (Å²) in [6, 6.07) is 1.58. The van der Waals surface area contributed by atoms with Crippen molar-refractivity contribution in [2.24, 2.45) is 16.3 Å². The molecule has 2 N–H and O–H groups in total. The highest BCUT2D eigenvalue weighted by Crippen LogP contribution is 2.45. The number of amidine groups is 1. The number of ether oxygens (including phenoxy) is 1. The third-order valence-corrected chi connectivity index (χ3v) is 8.76. The molecule has 0 bridgehead atoms. The van der Waals surface area contributed by atoms with Gasteiger partial charge in [-0.05, 0) is 26.0 Å². The Morgan fingerprint density at radius 1 is 1.33 bits per heavy atom. The van der Waals surface area contributed by atoms with Gasteiger partial charge in [0.25, 0.3) is 5.92 Å². The third-order valence-electron chi connectivity index (χ3n) is 7.66. The van der Waals surface area contributed by atoms with Crippen molar-refractivity contribution >= 4 is 46.6 Å². The van der Waals surface area contributed by atoms with Crippen LogP contribution in [0.15, 0.2) is 46.0 Å². The van der Waals surface area contributed by atoms with Gasteiger partial charge in [0.05, 0.1) is 24.6 Å². The number of esters is 1. The first-order valence-electron chi connectivity index (χ1n) is 12.9. The number of likely N-dealkylation sites (tertiary alicyclic amines) is 2. The van der Waals surface area contributed by atoms with Crippen LogP contribution in [0.25, 0.3) is 0 Å². The largest absolute Gasteiger partial charge is 0.481 e. The van der Waals surface area contributed by atoms with E-state index < -0.39 is 59.5 Å². The van der Waals surface area contributed by atoms with Crippen LogP contribution >= 0.6 is 22.9 Å². The van der Waals surface area contributed by atoms with Gasteiger partial charge in [-0.1, -0.05) is 17.7 Å². The number of rotatable bonds is 8. The number of aromatic nitrogens is 1. The summed E-state index contributed by atoms with van der Waals surface area (Å²) in [6.07, 6.45) is 1.55. The molecule has 2 saturated heterocycles. The Morgan fingerprint density at radius 2 is 2.07 bits per heavy atom. The van der Waals surface area contributed by atoms with Crippen molar-refractivity contribution in [2.45, 2.75) is 31.9 Å². The van der Waals surface area contributed by atoms with Crippen LogP contribution in [0.4, 0.5) is 13.2 Å². The standard InChI is InChI=1S/C27H27ClF3N5O5S/c1-26(2,25(39)40)11-36-10-17-19(23(36)37)27(30,31)12-35(17)9-16-18(24(38)41-3)20(14-5-4-13(29)8-15(14)28)34-21(33-16)22-32-6-7-42-22/h4-8,17,19-20H,9-12H2,1-3H3,(H,33,34)(H,39,40)/t17-,19-,20-/m0/s1. The summed E-state index contributed by atoms with van der Waals surface area (Å²) < 4.78 is 49.7. The molecule has 0 spiro atoms. The molecule has 4 heterocycles. The molecule has 0 radical (unpaired) electrons. The lowest BCUT2D eigenvalue weighted by atomic mass is 9.93. The number of alkyl halides is 2. The number of aliphatic carboxylic acids is 1. The number of carbonyl (C=O) groups is 3. The van der Waals surface area contributed by atoms with E-state index in [9.17, 15) is 23.9 Å². The van der Waals surface area contributed by atoms with Crippen LogP contribution in [0.1, 0.15) is 30.5 Å². The smallest absolute Gasteiger partial charge is 0.338 e. The Bertz CT molecular complexity index is 1500. The van der Waals surface area contributed by atoms with E-state index in [0.29, 0.717) is 5.01 Å². The summed E-state index contributed by atoms with van der Waals surface area (Å²) in [5, 5.41) is 14.7. The molecule has 42 heavy (non-hydrogen) atoms. The second-order valence-corrected chi connectivity index (χ2v) is 12.3. The number of methoxy groups -OCH3 is 1. The molecule has 1 aromatic heterocycles. The predicted octanol–water partition coefficient (Wildman–Crippen LogP) is 3.34. The summed E-state index contributed by atoms with van der Waals surface area (Å²) in [5.41, 5.74) is -0.901. The van der Waals surface area contributed by atoms with E-state index in [1.54, 1.807) is 11.6 Å². The zero-order valence-electron chi connectivity index (χ0n) is 22.7. The van der Waals surface area contributed by atoms with Crippen LogP contribution in [-0.4, -0.2) is 88.8 Å². The predicted molar refractivity (Wildman–Crippen MR) is 147 cm³/mol. The third kappa shape index (κ3) is 5.38. The molecular weight excluding hydrogens is 599 g/mol. The van der Waals surface area contributed by atoms with Gasteiger partial charge in [0, 0.05) is 53.5 Å². The average Bonchev–Trinajstić information content (AvgIpc) is 3.61. The Balaban J connectivity index is 1.55. The number of aliphatic imine (C=N–C) groups is 1. The van der Waals surface area contributed by atoms with Gasteiger partial charge in [-0.2, -0.15) is 0 Å². The van der Waals surface area contributed by atoms with Gasteiger partial charge in [0.15, 0.2) is 10.8 Å². The quantitative estimate of drug-likeness (QED) is 0.428.